The van der Waals surface area contributed by atoms with Gasteiger partial charge in [-0.2, -0.15) is 5.10 Å². The Bertz CT molecular complexity index is 916. The van der Waals surface area contributed by atoms with Crippen LogP contribution < -0.4 is 21.0 Å². The topological polar surface area (TPSA) is 113 Å². The standard InChI is InChI=1S/C17H18N4O4/c1-25-12-3-2-10-8-11(16(23)19-14(10)9-12)6-7-18-17(24)13-4-5-15(22)21-20-13/h2-3,8-9H,4-7H2,1H3,(H,18,24)(H,19,23)(H,21,22). The first-order valence-corrected chi connectivity index (χ1v) is 7.90. The number of hydrogen-bond donors (Lipinski definition) is 3. The van der Waals surface area contributed by atoms with Crippen LogP contribution in [-0.2, 0) is 16.0 Å². The van der Waals surface area contributed by atoms with Crippen molar-refractivity contribution in [1.82, 2.24) is 15.7 Å². The maximum Gasteiger partial charge on any atom is 0.267 e. The summed E-state index contributed by atoms with van der Waals surface area (Å²) in [4.78, 5) is 38.0. The number of ether oxygens (including phenoxy) is 1. The van der Waals surface area contributed by atoms with E-state index in [1.807, 2.05) is 12.1 Å². The van der Waals surface area contributed by atoms with Crippen molar-refractivity contribution in [1.29, 1.82) is 0 Å². The predicted octanol–water partition coefficient (Wildman–Crippen LogP) is 0.461. The van der Waals surface area contributed by atoms with Gasteiger partial charge in [-0.3, -0.25) is 14.4 Å². The van der Waals surface area contributed by atoms with E-state index in [9.17, 15) is 14.4 Å². The lowest BCUT2D eigenvalue weighted by molar-refractivity contribution is -0.121. The van der Waals surface area contributed by atoms with Crippen LogP contribution in [0, 0.1) is 0 Å². The summed E-state index contributed by atoms with van der Waals surface area (Å²) in [6.07, 6.45) is 0.957. The molecule has 2 aromatic rings. The van der Waals surface area contributed by atoms with Gasteiger partial charge in [-0.25, -0.2) is 5.43 Å². The van der Waals surface area contributed by atoms with Gasteiger partial charge in [0, 0.05) is 31.0 Å². The summed E-state index contributed by atoms with van der Waals surface area (Å²) >= 11 is 0. The second-order valence-corrected chi connectivity index (χ2v) is 5.68. The number of hydrogen-bond acceptors (Lipinski definition) is 5. The maximum absolute atomic E-state index is 12.2. The first-order chi connectivity index (χ1) is 12.1. The molecule has 2 amide bonds. The number of H-pyrrole nitrogens is 1. The number of nitrogens with zero attached hydrogens (tertiary/aromatic N) is 1. The summed E-state index contributed by atoms with van der Waals surface area (Å²) in [5, 5.41) is 7.34. The number of pyridine rings is 1. The van der Waals surface area contributed by atoms with Crippen LogP contribution in [-0.4, -0.2) is 36.2 Å². The lowest BCUT2D eigenvalue weighted by Crippen LogP contribution is -2.38. The molecule has 0 saturated carbocycles. The summed E-state index contributed by atoms with van der Waals surface area (Å²) in [5.41, 5.74) is 3.66. The highest BCUT2D eigenvalue weighted by molar-refractivity contribution is 6.39. The fourth-order valence-corrected chi connectivity index (χ4v) is 2.59. The lowest BCUT2D eigenvalue weighted by Gasteiger charge is -2.12. The fraction of sp³-hybridized carbons (Fsp3) is 0.294. The molecule has 1 aromatic heterocycles. The number of aromatic amines is 1. The number of hydrazone groups is 1. The van der Waals surface area contributed by atoms with E-state index in [1.54, 1.807) is 19.2 Å². The zero-order valence-electron chi connectivity index (χ0n) is 13.7. The van der Waals surface area contributed by atoms with Gasteiger partial charge in [0.1, 0.15) is 11.5 Å². The lowest BCUT2D eigenvalue weighted by atomic mass is 10.1. The number of carbonyl (C=O) groups excluding carboxylic acids is 2. The predicted molar refractivity (Wildman–Crippen MR) is 92.6 cm³/mol. The molecule has 2 heterocycles. The van der Waals surface area contributed by atoms with Crippen LogP contribution in [0.2, 0.25) is 0 Å². The first kappa shape index (κ1) is 16.7. The number of carbonyl (C=O) groups is 2. The van der Waals surface area contributed by atoms with E-state index in [-0.39, 0.29) is 23.8 Å². The van der Waals surface area contributed by atoms with E-state index < -0.39 is 0 Å². The van der Waals surface area contributed by atoms with Crippen LogP contribution in [0.5, 0.6) is 5.75 Å². The van der Waals surface area contributed by atoms with Crippen molar-refractivity contribution in [2.75, 3.05) is 13.7 Å². The van der Waals surface area contributed by atoms with E-state index in [1.165, 1.54) is 0 Å². The van der Waals surface area contributed by atoms with Gasteiger partial charge in [-0.1, -0.05) is 0 Å². The van der Waals surface area contributed by atoms with Gasteiger partial charge >= 0.3 is 0 Å². The number of rotatable bonds is 5. The van der Waals surface area contributed by atoms with Crippen LogP contribution in [0.25, 0.3) is 10.9 Å². The zero-order valence-corrected chi connectivity index (χ0v) is 13.7. The summed E-state index contributed by atoms with van der Waals surface area (Å²) in [6, 6.07) is 7.25. The zero-order chi connectivity index (χ0) is 17.8. The Kier molecular flexibility index (Phi) is 4.78. The number of aromatic nitrogens is 1. The third-order valence-electron chi connectivity index (χ3n) is 3.98. The second kappa shape index (κ2) is 7.16. The molecule has 1 aliphatic heterocycles. The van der Waals surface area contributed by atoms with Crippen LogP contribution >= 0.6 is 0 Å². The quantitative estimate of drug-likeness (QED) is 0.733. The molecule has 0 radical (unpaired) electrons. The summed E-state index contributed by atoms with van der Waals surface area (Å²) in [6.45, 7) is 0.302. The average molecular weight is 342 g/mol. The maximum atomic E-state index is 12.2. The molecule has 1 aliphatic rings. The fourth-order valence-electron chi connectivity index (χ4n) is 2.59. The largest absolute Gasteiger partial charge is 0.497 e. The SMILES string of the molecule is COc1ccc2cc(CCNC(=O)C3=NNC(=O)CC3)c(=O)[nH]c2c1. The van der Waals surface area contributed by atoms with Gasteiger partial charge in [0.2, 0.25) is 5.91 Å². The Morgan fingerprint density at radius 2 is 2.12 bits per heavy atom. The molecule has 130 valence electrons. The first-order valence-electron chi connectivity index (χ1n) is 7.90. The minimum atomic E-state index is -0.332. The van der Waals surface area contributed by atoms with Crippen LogP contribution in [0.3, 0.4) is 0 Å². The molecule has 0 saturated heterocycles. The van der Waals surface area contributed by atoms with Gasteiger partial charge in [-0.05, 0) is 30.0 Å². The molecule has 3 rings (SSSR count). The van der Waals surface area contributed by atoms with E-state index in [0.29, 0.717) is 41.9 Å². The van der Waals surface area contributed by atoms with Gasteiger partial charge in [-0.15, -0.1) is 0 Å². The number of amides is 2. The van der Waals surface area contributed by atoms with Crippen LogP contribution in [0.15, 0.2) is 34.2 Å². The van der Waals surface area contributed by atoms with E-state index >= 15 is 0 Å². The average Bonchev–Trinajstić information content (AvgIpc) is 2.62. The minimum Gasteiger partial charge on any atom is -0.497 e. The van der Waals surface area contributed by atoms with E-state index in [2.05, 4.69) is 20.8 Å². The second-order valence-electron chi connectivity index (χ2n) is 5.68. The molecule has 3 N–H and O–H groups in total. The van der Waals surface area contributed by atoms with Gasteiger partial charge in [0.25, 0.3) is 11.5 Å². The van der Waals surface area contributed by atoms with Crippen molar-refractivity contribution in [3.05, 3.63) is 40.2 Å². The Hall–Kier alpha value is -3.16. The molecule has 0 bridgehead atoms. The smallest absolute Gasteiger partial charge is 0.267 e. The van der Waals surface area contributed by atoms with Gasteiger partial charge in [0.05, 0.1) is 12.6 Å². The van der Waals surface area contributed by atoms with Crippen molar-refractivity contribution in [2.24, 2.45) is 5.10 Å². The molecule has 8 heteroatoms. The number of nitrogens with one attached hydrogen (secondary N) is 3. The van der Waals surface area contributed by atoms with Crippen molar-refractivity contribution >= 4 is 28.4 Å². The van der Waals surface area contributed by atoms with Crippen LogP contribution in [0.4, 0.5) is 0 Å². The van der Waals surface area contributed by atoms with Crippen LogP contribution in [0.1, 0.15) is 18.4 Å². The van der Waals surface area contributed by atoms with E-state index in [4.69, 9.17) is 4.74 Å². The molecule has 8 nitrogen and oxygen atoms in total. The molecule has 0 atom stereocenters. The molecule has 0 unspecified atom stereocenters. The normalized spacial score (nSPS) is 14.0. The highest BCUT2D eigenvalue weighted by Crippen LogP contribution is 2.18. The highest BCUT2D eigenvalue weighted by Gasteiger charge is 2.17. The van der Waals surface area contributed by atoms with Crippen molar-refractivity contribution in [3.63, 3.8) is 0 Å². The third-order valence-corrected chi connectivity index (χ3v) is 3.98. The Morgan fingerprint density at radius 3 is 2.84 bits per heavy atom. The van der Waals surface area contributed by atoms with Gasteiger partial charge in [0.15, 0.2) is 0 Å². The van der Waals surface area contributed by atoms with Crippen molar-refractivity contribution in [2.45, 2.75) is 19.3 Å². The molecule has 1 aromatic carbocycles. The molecule has 0 spiro atoms. The third kappa shape index (κ3) is 3.85. The van der Waals surface area contributed by atoms with Gasteiger partial charge < -0.3 is 15.0 Å². The minimum absolute atomic E-state index is 0.197. The molecule has 0 fully saturated rings. The molecule has 25 heavy (non-hydrogen) atoms. The Balaban J connectivity index is 1.65. The van der Waals surface area contributed by atoms with E-state index in [0.717, 1.165) is 5.39 Å². The molecule has 0 aliphatic carbocycles. The molecular formula is C17H18N4O4. The summed E-state index contributed by atoms with van der Waals surface area (Å²) in [5.74, 6) is 0.140. The number of methoxy groups -OCH3 is 1. The highest BCUT2D eigenvalue weighted by atomic mass is 16.5. The number of fused-ring (bicyclic) bond motifs is 1. The molecular weight excluding hydrogens is 324 g/mol. The van der Waals surface area contributed by atoms with Crippen molar-refractivity contribution in [3.8, 4) is 5.75 Å². The Labute approximate surface area is 143 Å². The summed E-state index contributed by atoms with van der Waals surface area (Å²) in [7, 11) is 1.57. The Morgan fingerprint density at radius 1 is 1.28 bits per heavy atom. The van der Waals surface area contributed by atoms with Crippen molar-refractivity contribution < 1.29 is 14.3 Å². The number of benzene rings is 1. The summed E-state index contributed by atoms with van der Waals surface area (Å²) < 4.78 is 5.14. The monoisotopic (exact) mass is 342 g/mol.